The molecular formula is C10H9F2N3O2S. The maximum absolute atomic E-state index is 13.2. The second kappa shape index (κ2) is 6.01. The minimum absolute atomic E-state index is 0.00640. The number of nitrogens with one attached hydrogen (secondary N) is 2. The smallest absolute Gasteiger partial charge is 0.313 e. The highest BCUT2D eigenvalue weighted by Crippen LogP contribution is 2.14. The van der Waals surface area contributed by atoms with Gasteiger partial charge in [0.05, 0.1) is 17.2 Å². The molecular weight excluding hydrogens is 264 g/mol. The maximum atomic E-state index is 13.2. The molecule has 96 valence electrons. The SMILES string of the molecule is NC(=S)CNC(=O)C(=O)Nc1cc(F)ccc1F. The minimum atomic E-state index is -1.14. The van der Waals surface area contributed by atoms with E-state index in [1.54, 1.807) is 0 Å². The number of amides is 2. The normalized spacial score (nSPS) is 9.67. The van der Waals surface area contributed by atoms with E-state index in [2.05, 4.69) is 17.5 Å². The Bertz CT molecular complexity index is 508. The fourth-order valence-electron chi connectivity index (χ4n) is 1.02. The van der Waals surface area contributed by atoms with Gasteiger partial charge in [0.1, 0.15) is 11.6 Å². The van der Waals surface area contributed by atoms with E-state index >= 15 is 0 Å². The second-order valence-electron chi connectivity index (χ2n) is 3.23. The van der Waals surface area contributed by atoms with Gasteiger partial charge >= 0.3 is 11.8 Å². The van der Waals surface area contributed by atoms with Crippen molar-refractivity contribution in [2.75, 3.05) is 11.9 Å². The Kier molecular flexibility index (Phi) is 4.67. The quantitative estimate of drug-likeness (QED) is 0.546. The number of hydrogen-bond acceptors (Lipinski definition) is 3. The molecule has 0 bridgehead atoms. The molecule has 1 rings (SSSR count). The van der Waals surface area contributed by atoms with E-state index in [4.69, 9.17) is 5.73 Å². The molecule has 0 saturated carbocycles. The number of nitrogens with two attached hydrogens (primary N) is 1. The van der Waals surface area contributed by atoms with Crippen molar-refractivity contribution in [3.05, 3.63) is 29.8 Å². The summed E-state index contributed by atoms with van der Waals surface area (Å²) in [5.74, 6) is -3.79. The van der Waals surface area contributed by atoms with Crippen LogP contribution in [0.5, 0.6) is 0 Å². The molecule has 2 amide bonds. The number of rotatable bonds is 3. The number of carbonyl (C=O) groups is 2. The molecule has 4 N–H and O–H groups in total. The zero-order valence-corrected chi connectivity index (χ0v) is 9.81. The van der Waals surface area contributed by atoms with Gasteiger partial charge < -0.3 is 16.4 Å². The Morgan fingerprint density at radius 1 is 1.28 bits per heavy atom. The molecule has 0 aliphatic rings. The standard InChI is InChI=1S/C10H9F2N3O2S/c11-5-1-2-6(12)7(3-5)15-10(17)9(16)14-4-8(13)18/h1-3H,4H2,(H2,13,18)(H,14,16)(H,15,17). The van der Waals surface area contributed by atoms with Gasteiger partial charge in [-0.3, -0.25) is 9.59 Å². The molecule has 0 atom stereocenters. The van der Waals surface area contributed by atoms with Crippen LogP contribution in [-0.4, -0.2) is 23.3 Å². The molecule has 18 heavy (non-hydrogen) atoms. The Balaban J connectivity index is 2.66. The summed E-state index contributed by atoms with van der Waals surface area (Å²) < 4.78 is 26.0. The predicted molar refractivity (Wildman–Crippen MR) is 64.8 cm³/mol. The van der Waals surface area contributed by atoms with Crippen molar-refractivity contribution in [3.8, 4) is 0 Å². The number of halogens is 2. The molecule has 0 aliphatic heterocycles. The van der Waals surface area contributed by atoms with Crippen molar-refractivity contribution in [1.82, 2.24) is 5.32 Å². The minimum Gasteiger partial charge on any atom is -0.392 e. The largest absolute Gasteiger partial charge is 0.392 e. The van der Waals surface area contributed by atoms with Crippen molar-refractivity contribution in [3.63, 3.8) is 0 Å². The monoisotopic (exact) mass is 273 g/mol. The fourth-order valence-corrected chi connectivity index (χ4v) is 1.09. The van der Waals surface area contributed by atoms with Gasteiger partial charge in [-0.15, -0.1) is 0 Å². The summed E-state index contributed by atoms with van der Waals surface area (Å²) in [6.07, 6.45) is 0. The third kappa shape index (κ3) is 4.06. The number of anilines is 1. The number of carbonyl (C=O) groups excluding carboxylic acids is 2. The first-order valence-corrected chi connectivity index (χ1v) is 5.13. The van der Waals surface area contributed by atoms with E-state index in [0.29, 0.717) is 0 Å². The fraction of sp³-hybridized carbons (Fsp3) is 0.100. The molecule has 0 fully saturated rings. The van der Waals surface area contributed by atoms with E-state index < -0.39 is 29.1 Å². The first kappa shape index (κ1) is 14.0. The van der Waals surface area contributed by atoms with Crippen molar-refractivity contribution < 1.29 is 18.4 Å². The summed E-state index contributed by atoms with van der Waals surface area (Å²) in [6.45, 7) is -0.160. The number of hydrogen-bond donors (Lipinski definition) is 3. The van der Waals surface area contributed by atoms with Gasteiger partial charge in [-0.1, -0.05) is 12.2 Å². The molecule has 0 unspecified atom stereocenters. The Labute approximate surface area is 106 Å². The summed E-state index contributed by atoms with van der Waals surface area (Å²) in [5, 5.41) is 4.03. The molecule has 0 spiro atoms. The van der Waals surface area contributed by atoms with Crippen LogP contribution in [0.1, 0.15) is 0 Å². The van der Waals surface area contributed by atoms with Crippen LogP contribution in [0.3, 0.4) is 0 Å². The highest BCUT2D eigenvalue weighted by molar-refractivity contribution is 7.80. The second-order valence-corrected chi connectivity index (χ2v) is 3.75. The van der Waals surface area contributed by atoms with Gasteiger partial charge in [0.2, 0.25) is 0 Å². The molecule has 8 heteroatoms. The Morgan fingerprint density at radius 3 is 2.56 bits per heavy atom. The van der Waals surface area contributed by atoms with Crippen LogP contribution in [0, 0.1) is 11.6 Å². The highest BCUT2D eigenvalue weighted by atomic mass is 32.1. The zero-order valence-electron chi connectivity index (χ0n) is 9.00. The van der Waals surface area contributed by atoms with Gasteiger partial charge in [-0.2, -0.15) is 0 Å². The molecule has 5 nitrogen and oxygen atoms in total. The molecule has 0 saturated heterocycles. The van der Waals surface area contributed by atoms with Crippen molar-refractivity contribution in [2.24, 2.45) is 5.73 Å². The Hall–Kier alpha value is -2.09. The maximum Gasteiger partial charge on any atom is 0.313 e. The van der Waals surface area contributed by atoms with Crippen LogP contribution in [0.2, 0.25) is 0 Å². The van der Waals surface area contributed by atoms with Crippen LogP contribution < -0.4 is 16.4 Å². The zero-order chi connectivity index (χ0) is 13.7. The van der Waals surface area contributed by atoms with Gasteiger partial charge in [-0.05, 0) is 12.1 Å². The third-order valence-electron chi connectivity index (χ3n) is 1.81. The van der Waals surface area contributed by atoms with Crippen molar-refractivity contribution >= 4 is 34.7 Å². The average molecular weight is 273 g/mol. The summed E-state index contributed by atoms with van der Waals surface area (Å²) in [7, 11) is 0. The molecule has 1 aromatic carbocycles. The van der Waals surface area contributed by atoms with E-state index in [1.165, 1.54) is 0 Å². The summed E-state index contributed by atoms with van der Waals surface area (Å²) in [4.78, 5) is 22.5. The summed E-state index contributed by atoms with van der Waals surface area (Å²) in [6, 6.07) is 2.48. The topological polar surface area (TPSA) is 84.2 Å². The number of benzene rings is 1. The van der Waals surface area contributed by atoms with Gasteiger partial charge in [0, 0.05) is 6.07 Å². The lowest BCUT2D eigenvalue weighted by Gasteiger charge is -2.06. The van der Waals surface area contributed by atoms with Gasteiger partial charge in [0.25, 0.3) is 0 Å². The third-order valence-corrected chi connectivity index (χ3v) is 1.95. The van der Waals surface area contributed by atoms with Crippen molar-refractivity contribution in [2.45, 2.75) is 0 Å². The van der Waals surface area contributed by atoms with Crippen LogP contribution in [0.4, 0.5) is 14.5 Å². The lowest BCUT2D eigenvalue weighted by Crippen LogP contribution is -2.39. The van der Waals surface area contributed by atoms with Crippen LogP contribution >= 0.6 is 12.2 Å². The van der Waals surface area contributed by atoms with Gasteiger partial charge in [0.15, 0.2) is 0 Å². The molecule has 0 aromatic heterocycles. The van der Waals surface area contributed by atoms with E-state index in [1.807, 2.05) is 5.32 Å². The van der Waals surface area contributed by atoms with E-state index in [0.717, 1.165) is 18.2 Å². The van der Waals surface area contributed by atoms with Crippen LogP contribution in [0.25, 0.3) is 0 Å². The molecule has 0 heterocycles. The lowest BCUT2D eigenvalue weighted by atomic mass is 10.3. The van der Waals surface area contributed by atoms with Crippen LogP contribution in [-0.2, 0) is 9.59 Å². The summed E-state index contributed by atoms with van der Waals surface area (Å²) in [5.41, 5.74) is 4.69. The lowest BCUT2D eigenvalue weighted by molar-refractivity contribution is -0.136. The highest BCUT2D eigenvalue weighted by Gasteiger charge is 2.15. The van der Waals surface area contributed by atoms with Crippen molar-refractivity contribution in [1.29, 1.82) is 0 Å². The van der Waals surface area contributed by atoms with Crippen LogP contribution in [0.15, 0.2) is 18.2 Å². The van der Waals surface area contributed by atoms with E-state index in [9.17, 15) is 18.4 Å². The first-order valence-electron chi connectivity index (χ1n) is 4.72. The average Bonchev–Trinajstić information content (AvgIpc) is 2.30. The Morgan fingerprint density at radius 2 is 1.94 bits per heavy atom. The molecule has 0 aliphatic carbocycles. The van der Waals surface area contributed by atoms with Gasteiger partial charge in [-0.25, -0.2) is 8.78 Å². The summed E-state index contributed by atoms with van der Waals surface area (Å²) >= 11 is 4.49. The molecule has 1 aromatic rings. The van der Waals surface area contributed by atoms with E-state index in [-0.39, 0.29) is 11.5 Å². The first-order chi connectivity index (χ1) is 8.40. The molecule has 0 radical (unpaired) electrons. The number of thiocarbonyl (C=S) groups is 1. The predicted octanol–water partition coefficient (Wildman–Crippen LogP) is 0.306.